The number of fused-ring (bicyclic) bond motifs is 1. The summed E-state index contributed by atoms with van der Waals surface area (Å²) in [6.45, 7) is 7.16. The summed E-state index contributed by atoms with van der Waals surface area (Å²) in [5.74, 6) is 0.766. The van der Waals surface area contributed by atoms with Crippen LogP contribution in [0.1, 0.15) is 74.0 Å². The molecule has 1 heterocycles. The van der Waals surface area contributed by atoms with E-state index in [1.165, 1.54) is 18.4 Å². The first-order chi connectivity index (χ1) is 16.8. The van der Waals surface area contributed by atoms with Crippen molar-refractivity contribution in [2.45, 2.75) is 64.5 Å². The zero-order chi connectivity index (χ0) is 24.6. The van der Waals surface area contributed by atoms with Gasteiger partial charge in [0.15, 0.2) is 0 Å². The van der Waals surface area contributed by atoms with Crippen LogP contribution in [0.25, 0.3) is 22.4 Å². The minimum atomic E-state index is -0.932. The molecule has 0 unspecified atom stereocenters. The Morgan fingerprint density at radius 1 is 1.00 bits per heavy atom. The Morgan fingerprint density at radius 2 is 1.69 bits per heavy atom. The third-order valence-electron chi connectivity index (χ3n) is 6.96. The lowest BCUT2D eigenvalue weighted by Gasteiger charge is -2.19. The van der Waals surface area contributed by atoms with E-state index in [0.29, 0.717) is 12.6 Å². The van der Waals surface area contributed by atoms with Crippen LogP contribution in [0.2, 0.25) is 0 Å². The summed E-state index contributed by atoms with van der Waals surface area (Å²) < 4.78 is 8.35. The molecule has 1 N–H and O–H groups in total. The number of nitrogens with zero attached hydrogens (tertiary/aromatic N) is 2. The Hall–Kier alpha value is -3.60. The van der Waals surface area contributed by atoms with Crippen molar-refractivity contribution in [3.63, 3.8) is 0 Å². The van der Waals surface area contributed by atoms with Gasteiger partial charge in [0.05, 0.1) is 16.6 Å². The van der Waals surface area contributed by atoms with Crippen molar-refractivity contribution in [3.8, 4) is 17.1 Å². The molecule has 35 heavy (non-hydrogen) atoms. The number of hydrogen-bond donors (Lipinski definition) is 1. The number of aromatic carboxylic acids is 1. The molecule has 0 radical (unpaired) electrons. The van der Waals surface area contributed by atoms with E-state index < -0.39 is 5.97 Å². The first-order valence-corrected chi connectivity index (χ1v) is 12.4. The van der Waals surface area contributed by atoms with Crippen molar-refractivity contribution >= 4 is 17.0 Å². The predicted molar refractivity (Wildman–Crippen MR) is 139 cm³/mol. The van der Waals surface area contributed by atoms with Gasteiger partial charge in [-0.2, -0.15) is 0 Å². The topological polar surface area (TPSA) is 64.3 Å². The van der Waals surface area contributed by atoms with Crippen LogP contribution in [0.15, 0.2) is 66.7 Å². The van der Waals surface area contributed by atoms with Crippen LogP contribution >= 0.6 is 0 Å². The van der Waals surface area contributed by atoms with Gasteiger partial charge >= 0.3 is 5.97 Å². The Bertz CT molecular complexity index is 1340. The molecule has 1 aliphatic carbocycles. The minimum Gasteiger partial charge on any atom is -0.489 e. The van der Waals surface area contributed by atoms with Crippen LogP contribution in [-0.4, -0.2) is 20.6 Å². The van der Waals surface area contributed by atoms with Gasteiger partial charge in [-0.25, -0.2) is 9.78 Å². The number of ether oxygens (including phenoxy) is 1. The fraction of sp³-hybridized carbons (Fsp3) is 0.333. The maximum Gasteiger partial charge on any atom is 0.335 e. The van der Waals surface area contributed by atoms with Gasteiger partial charge in [0.2, 0.25) is 0 Å². The predicted octanol–water partition coefficient (Wildman–Crippen LogP) is 7.39. The molecular weight excluding hydrogens is 436 g/mol. The maximum absolute atomic E-state index is 11.5. The highest BCUT2D eigenvalue weighted by Crippen LogP contribution is 2.37. The molecule has 0 saturated heterocycles. The number of carbonyl (C=O) groups is 1. The molecule has 1 saturated carbocycles. The monoisotopic (exact) mass is 468 g/mol. The van der Waals surface area contributed by atoms with E-state index in [0.717, 1.165) is 46.6 Å². The van der Waals surface area contributed by atoms with Crippen LogP contribution in [0, 0.1) is 0 Å². The van der Waals surface area contributed by atoms with Gasteiger partial charge < -0.3 is 14.4 Å². The van der Waals surface area contributed by atoms with Gasteiger partial charge in [0.1, 0.15) is 18.2 Å². The Morgan fingerprint density at radius 3 is 2.31 bits per heavy atom. The van der Waals surface area contributed by atoms with Crippen molar-refractivity contribution in [2.24, 2.45) is 0 Å². The lowest BCUT2D eigenvalue weighted by atomic mass is 9.87. The summed E-state index contributed by atoms with van der Waals surface area (Å²) in [6, 6.07) is 22.3. The number of carboxylic acid groups (broad SMARTS) is 1. The van der Waals surface area contributed by atoms with Crippen molar-refractivity contribution in [1.29, 1.82) is 0 Å². The standard InChI is InChI=1S/C30H32N2O3/c1-30(2,3)23-13-8-20(9-14-23)19-35-25-15-10-21(11-16-25)28-31-26-18-22(29(33)34)12-17-27(26)32(28)24-6-4-5-7-24/h8-18,24H,4-7,19H2,1-3H3,(H,33,34). The Labute approximate surface area is 206 Å². The summed E-state index contributed by atoms with van der Waals surface area (Å²) in [5.41, 5.74) is 5.58. The molecule has 0 spiro atoms. The highest BCUT2D eigenvalue weighted by atomic mass is 16.5. The van der Waals surface area contributed by atoms with Gasteiger partial charge in [-0.15, -0.1) is 0 Å². The third kappa shape index (κ3) is 4.81. The quantitative estimate of drug-likeness (QED) is 0.320. The summed E-state index contributed by atoms with van der Waals surface area (Å²) >= 11 is 0. The fourth-order valence-corrected chi connectivity index (χ4v) is 4.94. The zero-order valence-corrected chi connectivity index (χ0v) is 20.6. The molecule has 4 aromatic rings. The van der Waals surface area contributed by atoms with Crippen LogP contribution in [0.5, 0.6) is 5.75 Å². The molecule has 0 aliphatic heterocycles. The van der Waals surface area contributed by atoms with Gasteiger partial charge in [-0.1, -0.05) is 57.9 Å². The number of imidazole rings is 1. The van der Waals surface area contributed by atoms with E-state index in [1.807, 2.05) is 30.3 Å². The zero-order valence-electron chi connectivity index (χ0n) is 20.6. The molecule has 1 fully saturated rings. The van der Waals surface area contributed by atoms with Crippen molar-refractivity contribution in [1.82, 2.24) is 9.55 Å². The second-order valence-electron chi connectivity index (χ2n) is 10.5. The van der Waals surface area contributed by atoms with E-state index >= 15 is 0 Å². The second-order valence-corrected chi connectivity index (χ2v) is 10.5. The summed E-state index contributed by atoms with van der Waals surface area (Å²) in [7, 11) is 0. The van der Waals surface area contributed by atoms with E-state index in [-0.39, 0.29) is 11.0 Å². The molecule has 5 rings (SSSR count). The molecule has 3 aromatic carbocycles. The van der Waals surface area contributed by atoms with E-state index in [4.69, 9.17) is 9.72 Å². The number of hydrogen-bond acceptors (Lipinski definition) is 3. The number of rotatable bonds is 6. The van der Waals surface area contributed by atoms with Gasteiger partial charge in [0.25, 0.3) is 0 Å². The highest BCUT2D eigenvalue weighted by molar-refractivity contribution is 5.93. The smallest absolute Gasteiger partial charge is 0.335 e. The molecule has 5 heteroatoms. The number of benzene rings is 3. The van der Waals surface area contributed by atoms with Crippen LogP contribution in [-0.2, 0) is 12.0 Å². The molecule has 0 amide bonds. The van der Waals surface area contributed by atoms with Gasteiger partial charge in [-0.05, 0) is 71.8 Å². The van der Waals surface area contributed by atoms with Crippen LogP contribution < -0.4 is 4.74 Å². The molecule has 1 aromatic heterocycles. The second kappa shape index (κ2) is 9.21. The summed E-state index contributed by atoms with van der Waals surface area (Å²) in [6.07, 6.45) is 4.66. The molecule has 5 nitrogen and oxygen atoms in total. The average molecular weight is 469 g/mol. The first-order valence-electron chi connectivity index (χ1n) is 12.4. The average Bonchev–Trinajstić information content (AvgIpc) is 3.50. The first kappa shape index (κ1) is 23.2. The fourth-order valence-electron chi connectivity index (χ4n) is 4.94. The molecule has 180 valence electrons. The Balaban J connectivity index is 1.39. The number of carboxylic acids is 1. The third-order valence-corrected chi connectivity index (χ3v) is 6.96. The lowest BCUT2D eigenvalue weighted by molar-refractivity contribution is 0.0697. The molecule has 0 atom stereocenters. The van der Waals surface area contributed by atoms with Crippen molar-refractivity contribution < 1.29 is 14.6 Å². The molecule has 1 aliphatic rings. The van der Waals surface area contributed by atoms with Crippen molar-refractivity contribution in [3.05, 3.63) is 83.4 Å². The van der Waals surface area contributed by atoms with E-state index in [1.54, 1.807) is 12.1 Å². The maximum atomic E-state index is 11.5. The molecule has 0 bridgehead atoms. The largest absolute Gasteiger partial charge is 0.489 e. The molecular formula is C30H32N2O3. The normalized spacial score (nSPS) is 14.5. The minimum absolute atomic E-state index is 0.138. The number of aromatic nitrogens is 2. The Kier molecular flexibility index (Phi) is 6.10. The highest BCUT2D eigenvalue weighted by Gasteiger charge is 2.24. The van der Waals surface area contributed by atoms with E-state index in [2.05, 4.69) is 49.6 Å². The lowest BCUT2D eigenvalue weighted by Crippen LogP contribution is -2.10. The SMILES string of the molecule is CC(C)(C)c1ccc(COc2ccc(-c3nc4cc(C(=O)O)ccc4n3C3CCCC3)cc2)cc1. The van der Waals surface area contributed by atoms with Crippen LogP contribution in [0.3, 0.4) is 0 Å². The van der Waals surface area contributed by atoms with Crippen LogP contribution in [0.4, 0.5) is 0 Å². The summed E-state index contributed by atoms with van der Waals surface area (Å²) in [5, 5.41) is 9.41. The van der Waals surface area contributed by atoms with Gasteiger partial charge in [0, 0.05) is 11.6 Å². The van der Waals surface area contributed by atoms with Crippen molar-refractivity contribution in [2.75, 3.05) is 0 Å². The van der Waals surface area contributed by atoms with Gasteiger partial charge in [-0.3, -0.25) is 0 Å². The summed E-state index contributed by atoms with van der Waals surface area (Å²) in [4.78, 5) is 16.4. The van der Waals surface area contributed by atoms with E-state index in [9.17, 15) is 9.90 Å².